The van der Waals surface area contributed by atoms with E-state index in [0.29, 0.717) is 0 Å². The molecule has 7 aromatic rings. The lowest BCUT2D eigenvalue weighted by molar-refractivity contribution is 0.600. The molecule has 0 fully saturated rings. The van der Waals surface area contributed by atoms with Gasteiger partial charge in [0, 0.05) is 15.2 Å². The van der Waals surface area contributed by atoms with Gasteiger partial charge in [-0.25, -0.2) is 0 Å². The second kappa shape index (κ2) is 10.1. The lowest BCUT2D eigenvalue weighted by atomic mass is 9.77. The molecular weight excluding hydrogens is 573 g/mol. The van der Waals surface area contributed by atoms with E-state index >= 15 is 0 Å². The minimum Gasteiger partial charge on any atom is -0.192 e. The molecule has 0 bridgehead atoms. The van der Waals surface area contributed by atoms with Crippen LogP contribution < -0.4 is 0 Å². The fraction of sp³-hybridized carbons (Fsp3) is 0.111. The van der Waals surface area contributed by atoms with E-state index in [2.05, 4.69) is 171 Å². The minimum atomic E-state index is -1.17. The lowest BCUT2D eigenvalue weighted by Gasteiger charge is -2.29. The molecule has 0 spiro atoms. The molecule has 2 aliphatic rings. The molecule has 1 heterocycles. The van der Waals surface area contributed by atoms with Crippen molar-refractivity contribution in [3.8, 4) is 33.4 Å². The Kier molecular flexibility index (Phi) is 6.01. The highest BCUT2D eigenvalue weighted by atomic mass is 32.3. The zero-order chi connectivity index (χ0) is 31.0. The number of hydrogen-bond donors (Lipinski definition) is 0. The van der Waals surface area contributed by atoms with Crippen molar-refractivity contribution in [2.75, 3.05) is 12.5 Å². The SMILES string of the molecule is CC1(c2ccc(-c3c4ccccc4c(-c4cccc5ccccc45)c4cc5c(cc34)-c3ccccc3S5(C)C)cc2)C=CC=CC1. The first-order valence-electron chi connectivity index (χ1n) is 16.2. The van der Waals surface area contributed by atoms with Crippen LogP contribution in [0.1, 0.15) is 18.9 Å². The zero-order valence-corrected chi connectivity index (χ0v) is 27.4. The summed E-state index contributed by atoms with van der Waals surface area (Å²) in [4.78, 5) is 2.98. The van der Waals surface area contributed by atoms with E-state index in [1.165, 1.54) is 81.1 Å². The van der Waals surface area contributed by atoms with Crippen molar-refractivity contribution in [1.29, 1.82) is 0 Å². The molecule has 0 saturated heterocycles. The van der Waals surface area contributed by atoms with Crippen molar-refractivity contribution >= 4 is 42.3 Å². The maximum Gasteiger partial charge on any atom is 0.0141 e. The monoisotopic (exact) mass is 608 g/mol. The van der Waals surface area contributed by atoms with Crippen LogP contribution in [0.25, 0.3) is 65.7 Å². The van der Waals surface area contributed by atoms with Gasteiger partial charge in [0.2, 0.25) is 0 Å². The van der Waals surface area contributed by atoms with Crippen LogP contribution in [0.2, 0.25) is 0 Å². The second-order valence-corrected chi connectivity index (χ2v) is 17.1. The van der Waals surface area contributed by atoms with Crippen LogP contribution in [-0.2, 0) is 5.41 Å². The van der Waals surface area contributed by atoms with Crippen molar-refractivity contribution in [1.82, 2.24) is 0 Å². The van der Waals surface area contributed by atoms with Crippen molar-refractivity contribution in [2.24, 2.45) is 0 Å². The van der Waals surface area contributed by atoms with Crippen LogP contribution in [-0.4, -0.2) is 12.5 Å². The molecule has 1 aliphatic heterocycles. The summed E-state index contributed by atoms with van der Waals surface area (Å²) in [6.45, 7) is 2.34. The molecule has 1 atom stereocenters. The van der Waals surface area contributed by atoms with Crippen LogP contribution in [0.15, 0.2) is 161 Å². The predicted octanol–water partition coefficient (Wildman–Crippen LogP) is 12.7. The standard InChI is InChI=1S/C45H36S/c1-45(26-11-4-12-27-45)32-24-22-31(23-25-32)43-36-18-7-8-19-37(36)44(35-20-13-15-30-14-5-6-16-33(30)35)40-29-42-38(28-39(40)43)34-17-9-10-21-41(34)46(42,2)3/h4-26,28-29H,27H2,1-3H3. The molecule has 0 amide bonds. The maximum atomic E-state index is 2.57. The number of allylic oxidation sites excluding steroid dienone is 4. The summed E-state index contributed by atoms with van der Waals surface area (Å²) in [7, 11) is -1.17. The third-order valence-electron chi connectivity index (χ3n) is 10.5. The lowest BCUT2D eigenvalue weighted by Crippen LogP contribution is -2.19. The Hall–Kier alpha value is -4.85. The predicted molar refractivity (Wildman–Crippen MR) is 201 cm³/mol. The van der Waals surface area contributed by atoms with Crippen molar-refractivity contribution in [2.45, 2.75) is 28.6 Å². The van der Waals surface area contributed by atoms with Crippen LogP contribution in [0.5, 0.6) is 0 Å². The van der Waals surface area contributed by atoms with Crippen LogP contribution in [0.4, 0.5) is 0 Å². The molecule has 0 saturated carbocycles. The van der Waals surface area contributed by atoms with Gasteiger partial charge in [-0.2, -0.15) is 10.0 Å². The Morgan fingerprint density at radius 2 is 1.17 bits per heavy atom. The van der Waals surface area contributed by atoms with Crippen molar-refractivity contribution in [3.63, 3.8) is 0 Å². The summed E-state index contributed by atoms with van der Waals surface area (Å²) in [6.07, 6.45) is 14.9. The number of benzene rings is 7. The van der Waals surface area contributed by atoms with E-state index in [1.54, 1.807) is 0 Å². The molecule has 0 nitrogen and oxygen atoms in total. The fourth-order valence-corrected chi connectivity index (χ4v) is 10.6. The summed E-state index contributed by atoms with van der Waals surface area (Å²) < 4.78 is 0. The molecule has 9 rings (SSSR count). The average molecular weight is 609 g/mol. The fourth-order valence-electron chi connectivity index (χ4n) is 8.09. The summed E-state index contributed by atoms with van der Waals surface area (Å²) >= 11 is 0. The molecular formula is C45H36S. The van der Waals surface area contributed by atoms with Crippen LogP contribution in [0.3, 0.4) is 0 Å². The quantitative estimate of drug-likeness (QED) is 0.175. The molecule has 0 radical (unpaired) electrons. The van der Waals surface area contributed by atoms with Gasteiger partial charge in [-0.1, -0.05) is 140 Å². The first kappa shape index (κ1) is 27.5. The van der Waals surface area contributed by atoms with Gasteiger partial charge in [-0.05, 0) is 108 Å². The smallest absolute Gasteiger partial charge is 0.0141 e. The number of hydrogen-bond acceptors (Lipinski definition) is 0. The van der Waals surface area contributed by atoms with Gasteiger partial charge in [0.05, 0.1) is 0 Å². The van der Waals surface area contributed by atoms with Crippen LogP contribution >= 0.6 is 10.0 Å². The molecule has 1 unspecified atom stereocenters. The summed E-state index contributed by atoms with van der Waals surface area (Å²) in [5, 5.41) is 7.85. The largest absolute Gasteiger partial charge is 0.192 e. The van der Waals surface area contributed by atoms with E-state index in [0.717, 1.165) is 6.42 Å². The highest BCUT2D eigenvalue weighted by molar-refractivity contribution is 8.33. The third-order valence-corrected chi connectivity index (χ3v) is 13.4. The second-order valence-electron chi connectivity index (χ2n) is 13.5. The molecule has 7 aromatic carbocycles. The topological polar surface area (TPSA) is 0 Å². The van der Waals surface area contributed by atoms with Crippen molar-refractivity contribution < 1.29 is 0 Å². The first-order chi connectivity index (χ1) is 22.4. The maximum absolute atomic E-state index is 2.57. The molecule has 1 aliphatic carbocycles. The normalized spacial score (nSPS) is 18.6. The highest BCUT2D eigenvalue weighted by Crippen LogP contribution is 2.68. The van der Waals surface area contributed by atoms with Gasteiger partial charge in [0.15, 0.2) is 0 Å². The van der Waals surface area contributed by atoms with Gasteiger partial charge in [-0.3, -0.25) is 0 Å². The number of rotatable bonds is 3. The highest BCUT2D eigenvalue weighted by Gasteiger charge is 2.33. The van der Waals surface area contributed by atoms with Crippen molar-refractivity contribution in [3.05, 3.63) is 157 Å². The number of fused-ring (bicyclic) bond motifs is 6. The van der Waals surface area contributed by atoms with Crippen LogP contribution in [0, 0.1) is 0 Å². The van der Waals surface area contributed by atoms with Gasteiger partial charge in [0.25, 0.3) is 0 Å². The Bertz CT molecular complexity index is 2420. The molecule has 222 valence electrons. The summed E-state index contributed by atoms with van der Waals surface area (Å²) in [6, 6.07) is 48.3. The Morgan fingerprint density at radius 1 is 0.522 bits per heavy atom. The van der Waals surface area contributed by atoms with E-state index in [-0.39, 0.29) is 5.41 Å². The molecule has 1 heteroatoms. The molecule has 46 heavy (non-hydrogen) atoms. The van der Waals surface area contributed by atoms with E-state index in [4.69, 9.17) is 0 Å². The first-order valence-corrected chi connectivity index (χ1v) is 18.7. The van der Waals surface area contributed by atoms with Gasteiger partial charge in [0.1, 0.15) is 0 Å². The molecule has 0 N–H and O–H groups in total. The Labute approximate surface area is 273 Å². The Morgan fingerprint density at radius 3 is 1.96 bits per heavy atom. The molecule has 0 aromatic heterocycles. The Balaban J connectivity index is 1.41. The third kappa shape index (κ3) is 3.95. The van der Waals surface area contributed by atoms with Gasteiger partial charge < -0.3 is 0 Å². The summed E-state index contributed by atoms with van der Waals surface area (Å²) in [5.74, 6) is 0. The minimum absolute atomic E-state index is 0.0224. The van der Waals surface area contributed by atoms with Gasteiger partial charge in [-0.15, -0.1) is 0 Å². The average Bonchev–Trinajstić information content (AvgIpc) is 3.32. The van der Waals surface area contributed by atoms with E-state index in [9.17, 15) is 0 Å². The van der Waals surface area contributed by atoms with E-state index < -0.39 is 10.0 Å². The zero-order valence-electron chi connectivity index (χ0n) is 26.5. The van der Waals surface area contributed by atoms with Gasteiger partial charge >= 0.3 is 0 Å². The summed E-state index contributed by atoms with van der Waals surface area (Å²) in [5.41, 5.74) is 9.40. The van der Waals surface area contributed by atoms with E-state index in [1.807, 2.05) is 0 Å².